The van der Waals surface area contributed by atoms with Gasteiger partial charge < -0.3 is 24.9 Å². The maximum atomic E-state index is 6.13. The van der Waals surface area contributed by atoms with Gasteiger partial charge in [-0.3, -0.25) is 4.90 Å². The molecule has 0 aliphatic heterocycles. The smallest absolute Gasteiger partial charge is 0.193 e. The number of anilines is 1. The van der Waals surface area contributed by atoms with E-state index in [1.807, 2.05) is 42.5 Å². The van der Waals surface area contributed by atoms with Crippen LogP contribution in [0.1, 0.15) is 16.9 Å². The molecule has 0 saturated carbocycles. The summed E-state index contributed by atoms with van der Waals surface area (Å²) in [7, 11) is 5.28. The fourth-order valence-corrected chi connectivity index (χ4v) is 3.14. The Bertz CT molecular complexity index is 970. The zero-order valence-corrected chi connectivity index (χ0v) is 17.6. The second-order valence-electron chi connectivity index (χ2n) is 6.91. The van der Waals surface area contributed by atoms with E-state index in [0.29, 0.717) is 29.7 Å². The number of nitrogens with two attached hydrogens (primary N) is 1. The van der Waals surface area contributed by atoms with E-state index in [9.17, 15) is 0 Å². The second-order valence-corrected chi connectivity index (χ2v) is 6.91. The number of benzene rings is 2. The average Bonchev–Trinajstić information content (AvgIpc) is 3.26. The number of nitrogens with one attached hydrogen (secondary N) is 1. The first kappa shape index (κ1) is 21.3. The molecule has 0 amide bonds. The number of ether oxygens (including phenoxy) is 2. The van der Waals surface area contributed by atoms with Crippen LogP contribution in [0.25, 0.3) is 0 Å². The molecule has 7 nitrogen and oxygen atoms in total. The van der Waals surface area contributed by atoms with Crippen LogP contribution in [0, 0.1) is 0 Å². The van der Waals surface area contributed by atoms with Gasteiger partial charge in [-0.15, -0.1) is 0 Å². The molecule has 0 bridgehead atoms. The predicted octanol–water partition coefficient (Wildman–Crippen LogP) is 3.86. The van der Waals surface area contributed by atoms with E-state index in [0.717, 1.165) is 24.4 Å². The van der Waals surface area contributed by atoms with E-state index in [1.165, 1.54) is 5.56 Å². The zero-order chi connectivity index (χ0) is 21.3. The summed E-state index contributed by atoms with van der Waals surface area (Å²) in [5.41, 5.74) is 9.14. The highest BCUT2D eigenvalue weighted by Gasteiger charge is 2.09. The molecule has 2 aromatic carbocycles. The first-order valence-electron chi connectivity index (χ1n) is 9.65. The van der Waals surface area contributed by atoms with Gasteiger partial charge in [0.2, 0.25) is 0 Å². The molecule has 0 unspecified atom stereocenters. The molecule has 0 fully saturated rings. The SMILES string of the molecule is COc1ccc(OC)c(NC(N)=NCc2ccccc2CN(C)Cc2ccco2)c1. The third-order valence-electron chi connectivity index (χ3n) is 4.65. The molecular formula is C23H28N4O3. The van der Waals surface area contributed by atoms with E-state index in [4.69, 9.17) is 19.6 Å². The minimum atomic E-state index is 0.306. The molecule has 0 aliphatic carbocycles. The Labute approximate surface area is 177 Å². The molecule has 0 saturated heterocycles. The van der Waals surface area contributed by atoms with Gasteiger partial charge in [0.05, 0.1) is 39.3 Å². The lowest BCUT2D eigenvalue weighted by Gasteiger charge is -2.17. The lowest BCUT2D eigenvalue weighted by molar-refractivity contribution is 0.287. The van der Waals surface area contributed by atoms with Gasteiger partial charge in [0.1, 0.15) is 17.3 Å². The number of guanidine groups is 1. The van der Waals surface area contributed by atoms with Crippen molar-refractivity contribution >= 4 is 11.6 Å². The van der Waals surface area contributed by atoms with Crippen LogP contribution in [0.15, 0.2) is 70.3 Å². The summed E-state index contributed by atoms with van der Waals surface area (Å²) in [4.78, 5) is 6.71. The van der Waals surface area contributed by atoms with Crippen molar-refractivity contribution in [3.63, 3.8) is 0 Å². The Kier molecular flexibility index (Phi) is 7.34. The lowest BCUT2D eigenvalue weighted by atomic mass is 10.1. The van der Waals surface area contributed by atoms with Crippen molar-refractivity contribution in [2.75, 3.05) is 26.6 Å². The van der Waals surface area contributed by atoms with Gasteiger partial charge >= 0.3 is 0 Å². The summed E-state index contributed by atoms with van der Waals surface area (Å²) in [6.45, 7) is 1.99. The summed E-state index contributed by atoms with van der Waals surface area (Å²) in [6.07, 6.45) is 1.69. The summed E-state index contributed by atoms with van der Waals surface area (Å²) in [6, 6.07) is 17.6. The lowest BCUT2D eigenvalue weighted by Crippen LogP contribution is -2.23. The number of hydrogen-bond donors (Lipinski definition) is 2. The molecule has 3 aromatic rings. The number of aliphatic imine (C=N–C) groups is 1. The van der Waals surface area contributed by atoms with Crippen molar-refractivity contribution in [2.45, 2.75) is 19.6 Å². The number of nitrogens with zero attached hydrogens (tertiary/aromatic N) is 2. The van der Waals surface area contributed by atoms with Gasteiger partial charge in [-0.1, -0.05) is 24.3 Å². The Morgan fingerprint density at radius 2 is 1.83 bits per heavy atom. The molecule has 0 atom stereocenters. The van der Waals surface area contributed by atoms with Crippen LogP contribution in [0.5, 0.6) is 11.5 Å². The summed E-state index contributed by atoms with van der Waals surface area (Å²) in [5.74, 6) is 2.61. The van der Waals surface area contributed by atoms with Crippen LogP contribution in [0.2, 0.25) is 0 Å². The van der Waals surface area contributed by atoms with Crippen LogP contribution < -0.4 is 20.5 Å². The number of methoxy groups -OCH3 is 2. The van der Waals surface area contributed by atoms with Crippen molar-refractivity contribution in [1.29, 1.82) is 0 Å². The van der Waals surface area contributed by atoms with Gasteiger partial charge in [0, 0.05) is 12.6 Å². The van der Waals surface area contributed by atoms with Gasteiger partial charge in [-0.25, -0.2) is 4.99 Å². The van der Waals surface area contributed by atoms with Crippen molar-refractivity contribution in [1.82, 2.24) is 4.90 Å². The molecule has 0 spiro atoms. The van der Waals surface area contributed by atoms with Crippen molar-refractivity contribution < 1.29 is 13.9 Å². The van der Waals surface area contributed by atoms with Crippen LogP contribution >= 0.6 is 0 Å². The third kappa shape index (κ3) is 5.78. The van der Waals surface area contributed by atoms with E-state index in [2.05, 4.69) is 34.4 Å². The number of furan rings is 1. The first-order chi connectivity index (χ1) is 14.6. The van der Waals surface area contributed by atoms with Crippen LogP contribution in [-0.4, -0.2) is 32.1 Å². The highest BCUT2D eigenvalue weighted by Crippen LogP contribution is 2.28. The Balaban J connectivity index is 1.67. The van der Waals surface area contributed by atoms with Gasteiger partial charge in [-0.2, -0.15) is 0 Å². The maximum absolute atomic E-state index is 6.13. The summed E-state index contributed by atoms with van der Waals surface area (Å²) in [5, 5.41) is 3.10. The summed E-state index contributed by atoms with van der Waals surface area (Å²) >= 11 is 0. The van der Waals surface area contributed by atoms with E-state index in [-0.39, 0.29) is 0 Å². The molecule has 30 heavy (non-hydrogen) atoms. The first-order valence-corrected chi connectivity index (χ1v) is 9.65. The van der Waals surface area contributed by atoms with Gasteiger partial charge in [0.25, 0.3) is 0 Å². The molecule has 3 rings (SSSR count). The Morgan fingerprint density at radius 1 is 1.03 bits per heavy atom. The molecule has 7 heteroatoms. The van der Waals surface area contributed by atoms with Crippen LogP contribution in [0.3, 0.4) is 0 Å². The molecule has 1 aromatic heterocycles. The highest BCUT2D eigenvalue weighted by atomic mass is 16.5. The normalized spacial score (nSPS) is 11.5. The topological polar surface area (TPSA) is 85.2 Å². The monoisotopic (exact) mass is 408 g/mol. The quantitative estimate of drug-likeness (QED) is 0.413. The predicted molar refractivity (Wildman–Crippen MR) is 119 cm³/mol. The molecule has 158 valence electrons. The van der Waals surface area contributed by atoms with E-state index < -0.39 is 0 Å². The standard InChI is InChI=1S/C23H28N4O3/c1-27(16-20-9-6-12-30-20)15-18-8-5-4-7-17(18)14-25-23(24)26-21-13-19(28-2)10-11-22(21)29-3/h4-13H,14-16H2,1-3H3,(H3,24,25,26). The zero-order valence-electron chi connectivity index (χ0n) is 17.6. The van der Waals surface area contributed by atoms with Crippen molar-refractivity contribution in [3.05, 3.63) is 77.7 Å². The second kappa shape index (κ2) is 10.4. The van der Waals surface area contributed by atoms with Crippen LogP contribution in [0.4, 0.5) is 5.69 Å². The third-order valence-corrected chi connectivity index (χ3v) is 4.65. The maximum Gasteiger partial charge on any atom is 0.193 e. The molecular weight excluding hydrogens is 380 g/mol. The largest absolute Gasteiger partial charge is 0.497 e. The van der Waals surface area contributed by atoms with Gasteiger partial charge in [0.15, 0.2) is 5.96 Å². The fraction of sp³-hybridized carbons (Fsp3) is 0.261. The minimum absolute atomic E-state index is 0.306. The minimum Gasteiger partial charge on any atom is -0.497 e. The Hall–Kier alpha value is -3.45. The molecule has 0 aliphatic rings. The average molecular weight is 409 g/mol. The number of rotatable bonds is 9. The van der Waals surface area contributed by atoms with E-state index >= 15 is 0 Å². The van der Waals surface area contributed by atoms with Gasteiger partial charge in [-0.05, 0) is 42.4 Å². The fourth-order valence-electron chi connectivity index (χ4n) is 3.14. The van der Waals surface area contributed by atoms with Crippen LogP contribution in [-0.2, 0) is 19.6 Å². The van der Waals surface area contributed by atoms with Crippen molar-refractivity contribution in [3.8, 4) is 11.5 Å². The highest BCUT2D eigenvalue weighted by molar-refractivity contribution is 5.94. The van der Waals surface area contributed by atoms with E-state index in [1.54, 1.807) is 20.5 Å². The molecule has 3 N–H and O–H groups in total. The molecule has 1 heterocycles. The summed E-state index contributed by atoms with van der Waals surface area (Å²) < 4.78 is 16.1. The Morgan fingerprint density at radius 3 is 2.53 bits per heavy atom. The van der Waals surface area contributed by atoms with Crippen molar-refractivity contribution in [2.24, 2.45) is 10.7 Å². The molecule has 0 radical (unpaired) electrons. The number of hydrogen-bond acceptors (Lipinski definition) is 5.